The van der Waals surface area contributed by atoms with Crippen LogP contribution in [0.5, 0.6) is 0 Å². The number of rotatable bonds is 2. The van der Waals surface area contributed by atoms with Crippen molar-refractivity contribution >= 4 is 39.1 Å². The van der Waals surface area contributed by atoms with Crippen LogP contribution in [0.4, 0.5) is 0 Å². The minimum atomic E-state index is -0.732. The van der Waals surface area contributed by atoms with Gasteiger partial charge >= 0.3 is 0 Å². The van der Waals surface area contributed by atoms with Crippen molar-refractivity contribution in [3.05, 3.63) is 44.9 Å². The van der Waals surface area contributed by atoms with E-state index in [0.29, 0.717) is 20.1 Å². The van der Waals surface area contributed by atoms with E-state index < -0.39 is 6.10 Å². The van der Waals surface area contributed by atoms with Crippen molar-refractivity contribution in [1.82, 2.24) is 0 Å². The molecule has 0 amide bonds. The molecular formula is C9H7BrCl2O. The van der Waals surface area contributed by atoms with E-state index in [0.717, 1.165) is 0 Å². The molecule has 1 nitrogen and oxygen atoms in total. The Hall–Kier alpha value is -0.0200. The van der Waals surface area contributed by atoms with Crippen molar-refractivity contribution in [3.63, 3.8) is 0 Å². The molecule has 0 aliphatic rings. The Bertz CT molecular complexity index is 339. The third-order valence-electron chi connectivity index (χ3n) is 1.58. The molecule has 0 bridgehead atoms. The first-order valence-electron chi connectivity index (χ1n) is 3.51. The van der Waals surface area contributed by atoms with E-state index in [4.69, 9.17) is 23.2 Å². The van der Waals surface area contributed by atoms with Crippen LogP contribution < -0.4 is 0 Å². The average Bonchev–Trinajstić information content (AvgIpc) is 2.10. The van der Waals surface area contributed by atoms with Crippen molar-refractivity contribution in [2.75, 3.05) is 0 Å². The van der Waals surface area contributed by atoms with Crippen LogP contribution in [0.15, 0.2) is 29.3 Å². The molecule has 1 unspecified atom stereocenters. The van der Waals surface area contributed by atoms with E-state index in [1.807, 2.05) is 0 Å². The fourth-order valence-corrected chi connectivity index (χ4v) is 1.94. The normalized spacial score (nSPS) is 12.6. The fraction of sp³-hybridized carbons (Fsp3) is 0.111. The van der Waals surface area contributed by atoms with Gasteiger partial charge < -0.3 is 5.11 Å². The number of aliphatic hydroxyl groups excluding tert-OH is 1. The summed E-state index contributed by atoms with van der Waals surface area (Å²) in [5, 5.41) is 10.3. The molecule has 0 aliphatic carbocycles. The van der Waals surface area contributed by atoms with Gasteiger partial charge in [-0.05, 0) is 12.1 Å². The average molecular weight is 282 g/mol. The van der Waals surface area contributed by atoms with E-state index in [2.05, 4.69) is 22.5 Å². The summed E-state index contributed by atoms with van der Waals surface area (Å²) in [6.45, 7) is 3.48. The summed E-state index contributed by atoms with van der Waals surface area (Å²) >= 11 is 14.8. The third-order valence-corrected chi connectivity index (χ3v) is 2.99. The van der Waals surface area contributed by atoms with E-state index >= 15 is 0 Å². The molecular weight excluding hydrogens is 275 g/mol. The molecule has 1 atom stereocenters. The highest BCUT2D eigenvalue weighted by Crippen LogP contribution is 2.32. The van der Waals surface area contributed by atoms with Crippen molar-refractivity contribution < 1.29 is 5.11 Å². The molecule has 4 heteroatoms. The van der Waals surface area contributed by atoms with Crippen LogP contribution in [0.1, 0.15) is 11.7 Å². The molecule has 70 valence electrons. The summed E-state index contributed by atoms with van der Waals surface area (Å²) in [5.41, 5.74) is 0.657. The Labute approximate surface area is 95.1 Å². The molecule has 0 spiro atoms. The van der Waals surface area contributed by atoms with Crippen LogP contribution >= 0.6 is 39.1 Å². The van der Waals surface area contributed by atoms with Crippen LogP contribution in [0.2, 0.25) is 10.0 Å². The van der Waals surface area contributed by atoms with Crippen molar-refractivity contribution in [2.24, 2.45) is 0 Å². The Kier molecular flexibility index (Phi) is 3.80. The molecule has 1 aromatic rings. The highest BCUT2D eigenvalue weighted by atomic mass is 79.9. The summed E-state index contributed by atoms with van der Waals surface area (Å²) in [6, 6.07) is 3.26. The first kappa shape index (κ1) is 11.1. The smallest absolute Gasteiger partial charge is 0.0980 e. The second-order valence-electron chi connectivity index (χ2n) is 2.47. The molecule has 0 saturated carbocycles. The van der Waals surface area contributed by atoms with Gasteiger partial charge in [0.05, 0.1) is 16.1 Å². The van der Waals surface area contributed by atoms with Gasteiger partial charge in [0.2, 0.25) is 0 Å². The maximum absolute atomic E-state index is 9.48. The monoisotopic (exact) mass is 280 g/mol. The molecule has 1 aromatic carbocycles. The molecule has 1 rings (SSSR count). The zero-order valence-corrected chi connectivity index (χ0v) is 9.70. The Morgan fingerprint density at radius 3 is 2.46 bits per heavy atom. The molecule has 0 aliphatic heterocycles. The topological polar surface area (TPSA) is 20.2 Å². The number of halogens is 3. The lowest BCUT2D eigenvalue weighted by Crippen LogP contribution is -1.94. The van der Waals surface area contributed by atoms with Crippen molar-refractivity contribution in [2.45, 2.75) is 6.10 Å². The molecule has 0 radical (unpaired) electrons. The second-order valence-corrected chi connectivity index (χ2v) is 4.14. The molecule has 0 aromatic heterocycles. The highest BCUT2D eigenvalue weighted by molar-refractivity contribution is 9.10. The highest BCUT2D eigenvalue weighted by Gasteiger charge is 2.10. The van der Waals surface area contributed by atoms with Gasteiger partial charge in [-0.25, -0.2) is 0 Å². The zero-order chi connectivity index (χ0) is 10.0. The minimum Gasteiger partial charge on any atom is -0.384 e. The largest absolute Gasteiger partial charge is 0.384 e. The maximum Gasteiger partial charge on any atom is 0.0980 e. The number of aliphatic hydroxyl groups is 1. The van der Waals surface area contributed by atoms with Crippen molar-refractivity contribution in [3.8, 4) is 0 Å². The van der Waals surface area contributed by atoms with Crippen LogP contribution in [0.25, 0.3) is 0 Å². The summed E-state index contributed by atoms with van der Waals surface area (Å²) in [5.74, 6) is 0. The van der Waals surface area contributed by atoms with Crippen molar-refractivity contribution in [1.29, 1.82) is 0 Å². The number of hydrogen-bond donors (Lipinski definition) is 1. The lowest BCUT2D eigenvalue weighted by Gasteiger charge is -2.09. The number of benzene rings is 1. The van der Waals surface area contributed by atoms with Crippen LogP contribution in [0, 0.1) is 0 Å². The van der Waals surface area contributed by atoms with Gasteiger partial charge in [-0.1, -0.05) is 45.2 Å². The van der Waals surface area contributed by atoms with E-state index in [1.165, 1.54) is 6.08 Å². The van der Waals surface area contributed by atoms with Gasteiger partial charge in [-0.2, -0.15) is 0 Å². The van der Waals surface area contributed by atoms with Crippen LogP contribution in [0.3, 0.4) is 0 Å². The molecule has 0 heterocycles. The first-order chi connectivity index (χ1) is 6.06. The quantitative estimate of drug-likeness (QED) is 0.642. The molecule has 13 heavy (non-hydrogen) atoms. The van der Waals surface area contributed by atoms with Gasteiger partial charge in [-0.15, -0.1) is 6.58 Å². The van der Waals surface area contributed by atoms with E-state index in [1.54, 1.807) is 12.1 Å². The van der Waals surface area contributed by atoms with Gasteiger partial charge in [0.15, 0.2) is 0 Å². The Morgan fingerprint density at radius 2 is 1.92 bits per heavy atom. The van der Waals surface area contributed by atoms with Gasteiger partial charge in [0, 0.05) is 10.0 Å². The predicted molar refractivity (Wildman–Crippen MR) is 59.3 cm³/mol. The van der Waals surface area contributed by atoms with Crippen LogP contribution in [-0.2, 0) is 0 Å². The molecule has 1 N–H and O–H groups in total. The first-order valence-corrected chi connectivity index (χ1v) is 5.06. The summed E-state index contributed by atoms with van der Waals surface area (Å²) in [7, 11) is 0. The summed E-state index contributed by atoms with van der Waals surface area (Å²) in [4.78, 5) is 0. The lowest BCUT2D eigenvalue weighted by atomic mass is 10.1. The van der Waals surface area contributed by atoms with E-state index in [-0.39, 0.29) is 0 Å². The zero-order valence-electron chi connectivity index (χ0n) is 6.60. The third kappa shape index (κ3) is 2.47. The van der Waals surface area contributed by atoms with Gasteiger partial charge in [0.25, 0.3) is 0 Å². The maximum atomic E-state index is 9.48. The SMILES string of the molecule is C=CC(O)c1cc(Cl)c(Cl)cc1Br. The standard InChI is InChI=1S/C9H7BrCl2O/c1-2-9(13)5-3-7(11)8(12)4-6(5)10/h2-4,9,13H,1H2. The minimum absolute atomic E-state index is 0.417. The fourth-order valence-electron chi connectivity index (χ4n) is 0.892. The Morgan fingerprint density at radius 1 is 1.38 bits per heavy atom. The second kappa shape index (κ2) is 4.47. The Balaban J connectivity index is 3.22. The predicted octanol–water partition coefficient (Wildman–Crippen LogP) is 3.98. The lowest BCUT2D eigenvalue weighted by molar-refractivity contribution is 0.228. The summed E-state index contributed by atoms with van der Waals surface area (Å²) in [6.07, 6.45) is 0.689. The number of hydrogen-bond acceptors (Lipinski definition) is 1. The molecule has 0 saturated heterocycles. The van der Waals surface area contributed by atoms with E-state index in [9.17, 15) is 5.11 Å². The van der Waals surface area contributed by atoms with Gasteiger partial charge in [0.1, 0.15) is 0 Å². The summed E-state index contributed by atoms with van der Waals surface area (Å²) < 4.78 is 0.717. The van der Waals surface area contributed by atoms with Gasteiger partial charge in [-0.3, -0.25) is 0 Å². The molecule has 0 fully saturated rings. The van der Waals surface area contributed by atoms with Crippen LogP contribution in [-0.4, -0.2) is 5.11 Å².